The Morgan fingerprint density at radius 3 is 2.57 bits per heavy atom. The van der Waals surface area contributed by atoms with E-state index in [-0.39, 0.29) is 17.1 Å². The molecule has 23 heavy (non-hydrogen) atoms. The number of pyridine rings is 1. The lowest BCUT2D eigenvalue weighted by Gasteiger charge is -2.15. The summed E-state index contributed by atoms with van der Waals surface area (Å²) >= 11 is 5.66. The number of hydrogen-bond donors (Lipinski definition) is 2. The van der Waals surface area contributed by atoms with Gasteiger partial charge in [0.25, 0.3) is 5.91 Å². The maximum absolute atomic E-state index is 13.6. The highest BCUT2D eigenvalue weighted by molar-refractivity contribution is 6.29. The molecule has 3 N–H and O–H groups in total. The van der Waals surface area contributed by atoms with Crippen LogP contribution < -0.4 is 11.1 Å². The van der Waals surface area contributed by atoms with Crippen LogP contribution in [0.2, 0.25) is 5.15 Å². The van der Waals surface area contributed by atoms with Gasteiger partial charge in [0.2, 0.25) is 5.91 Å². The molecule has 2 rings (SSSR count). The van der Waals surface area contributed by atoms with Crippen molar-refractivity contribution >= 4 is 23.4 Å². The Bertz CT molecular complexity index is 738. The van der Waals surface area contributed by atoms with Crippen molar-refractivity contribution in [1.82, 2.24) is 10.3 Å². The first-order chi connectivity index (χ1) is 10.9. The van der Waals surface area contributed by atoms with Crippen molar-refractivity contribution in [2.24, 2.45) is 5.73 Å². The van der Waals surface area contributed by atoms with Crippen LogP contribution in [0.15, 0.2) is 36.5 Å². The Kier molecular flexibility index (Phi) is 5.23. The lowest BCUT2D eigenvalue weighted by atomic mass is 10.1. The third-order valence-electron chi connectivity index (χ3n) is 3.05. The van der Waals surface area contributed by atoms with Gasteiger partial charge in [0.15, 0.2) is 0 Å². The van der Waals surface area contributed by atoms with Crippen LogP contribution in [0.4, 0.5) is 8.78 Å². The van der Waals surface area contributed by atoms with Crippen LogP contribution in [0.25, 0.3) is 0 Å². The Balaban J connectivity index is 2.14. The number of nitrogens with zero attached hydrogens (tertiary/aromatic N) is 1. The van der Waals surface area contributed by atoms with Gasteiger partial charge < -0.3 is 11.1 Å². The standard InChI is InChI=1S/C15H12ClF2N3O2/c16-13-4-1-8(7-20-13)5-12(14(19)22)21-15(23)10-3-2-9(17)6-11(10)18/h1-4,6-7,12H,5H2,(H2,19,22)(H,21,23)/t12-/m1/s1. The van der Waals surface area contributed by atoms with Crippen LogP contribution in [-0.2, 0) is 11.2 Å². The summed E-state index contributed by atoms with van der Waals surface area (Å²) in [5, 5.41) is 2.60. The molecule has 0 aliphatic carbocycles. The van der Waals surface area contributed by atoms with Crippen molar-refractivity contribution in [3.63, 3.8) is 0 Å². The number of nitrogens with one attached hydrogen (secondary N) is 1. The summed E-state index contributed by atoms with van der Waals surface area (Å²) in [6.07, 6.45) is 1.50. The third kappa shape index (κ3) is 4.46. The maximum Gasteiger partial charge on any atom is 0.254 e. The van der Waals surface area contributed by atoms with Crippen molar-refractivity contribution in [1.29, 1.82) is 0 Å². The molecule has 1 atom stereocenters. The molecular weight excluding hydrogens is 328 g/mol. The number of carbonyl (C=O) groups excluding carboxylic acids is 2. The fourth-order valence-corrected chi connectivity index (χ4v) is 2.01. The van der Waals surface area contributed by atoms with Crippen molar-refractivity contribution in [3.05, 3.63) is 64.4 Å². The van der Waals surface area contributed by atoms with E-state index in [9.17, 15) is 18.4 Å². The van der Waals surface area contributed by atoms with E-state index < -0.39 is 29.5 Å². The molecule has 0 spiro atoms. The second kappa shape index (κ2) is 7.15. The second-order valence-electron chi connectivity index (χ2n) is 4.75. The van der Waals surface area contributed by atoms with Crippen LogP contribution in [0.5, 0.6) is 0 Å². The van der Waals surface area contributed by atoms with E-state index in [4.69, 9.17) is 17.3 Å². The summed E-state index contributed by atoms with van der Waals surface area (Å²) in [6.45, 7) is 0. The van der Waals surface area contributed by atoms with E-state index in [1.165, 1.54) is 12.3 Å². The molecule has 0 saturated carbocycles. The van der Waals surface area contributed by atoms with Crippen molar-refractivity contribution in [2.45, 2.75) is 12.5 Å². The van der Waals surface area contributed by atoms with Gasteiger partial charge in [-0.15, -0.1) is 0 Å². The highest BCUT2D eigenvalue weighted by Crippen LogP contribution is 2.11. The van der Waals surface area contributed by atoms with E-state index in [1.54, 1.807) is 6.07 Å². The van der Waals surface area contributed by atoms with Crippen LogP contribution in [0.1, 0.15) is 15.9 Å². The smallest absolute Gasteiger partial charge is 0.254 e. The Morgan fingerprint density at radius 2 is 2.00 bits per heavy atom. The van der Waals surface area contributed by atoms with Gasteiger partial charge >= 0.3 is 0 Å². The molecule has 8 heteroatoms. The predicted octanol–water partition coefficient (Wildman–Crippen LogP) is 1.84. The number of aromatic nitrogens is 1. The van der Waals surface area contributed by atoms with Crippen molar-refractivity contribution in [2.75, 3.05) is 0 Å². The minimum absolute atomic E-state index is 0.0635. The van der Waals surface area contributed by atoms with E-state index in [2.05, 4.69) is 10.3 Å². The monoisotopic (exact) mass is 339 g/mol. The summed E-state index contributed by atoms with van der Waals surface area (Å²) in [6, 6.07) is 4.58. The largest absolute Gasteiger partial charge is 0.368 e. The SMILES string of the molecule is NC(=O)[C@@H](Cc1ccc(Cl)nc1)NC(=O)c1ccc(F)cc1F. The molecule has 0 radical (unpaired) electrons. The number of rotatable bonds is 5. The zero-order valence-electron chi connectivity index (χ0n) is 11.7. The van der Waals surface area contributed by atoms with Gasteiger partial charge in [0.05, 0.1) is 5.56 Å². The first-order valence-corrected chi connectivity index (χ1v) is 6.90. The molecule has 120 valence electrons. The number of amides is 2. The lowest BCUT2D eigenvalue weighted by Crippen LogP contribution is -2.46. The quantitative estimate of drug-likeness (QED) is 0.815. The average Bonchev–Trinajstić information content (AvgIpc) is 2.48. The third-order valence-corrected chi connectivity index (χ3v) is 3.28. The number of hydrogen-bond acceptors (Lipinski definition) is 3. The molecule has 5 nitrogen and oxygen atoms in total. The molecule has 0 saturated heterocycles. The molecule has 2 aromatic rings. The summed E-state index contributed by atoms with van der Waals surface area (Å²) in [7, 11) is 0. The number of primary amides is 1. The first kappa shape index (κ1) is 16.8. The maximum atomic E-state index is 13.6. The van der Waals surface area contributed by atoms with Crippen molar-refractivity contribution in [3.8, 4) is 0 Å². The fourth-order valence-electron chi connectivity index (χ4n) is 1.90. The van der Waals surface area contributed by atoms with Gasteiger partial charge in [-0.05, 0) is 23.8 Å². The van der Waals surface area contributed by atoms with Crippen LogP contribution in [0, 0.1) is 11.6 Å². The minimum Gasteiger partial charge on any atom is -0.368 e. The minimum atomic E-state index is -1.07. The summed E-state index contributed by atoms with van der Waals surface area (Å²) in [4.78, 5) is 27.4. The zero-order chi connectivity index (χ0) is 17.0. The normalized spacial score (nSPS) is 11.8. The van der Waals surface area contributed by atoms with Gasteiger partial charge in [-0.3, -0.25) is 9.59 Å². The lowest BCUT2D eigenvalue weighted by molar-refractivity contribution is -0.119. The van der Waals surface area contributed by atoms with Crippen LogP contribution in [0.3, 0.4) is 0 Å². The van der Waals surface area contributed by atoms with Gasteiger partial charge in [0.1, 0.15) is 22.8 Å². The number of halogens is 3. The molecule has 1 aromatic heterocycles. The molecule has 2 amide bonds. The van der Waals surface area contributed by atoms with Gasteiger partial charge in [-0.25, -0.2) is 13.8 Å². The predicted molar refractivity (Wildman–Crippen MR) is 79.8 cm³/mol. The average molecular weight is 340 g/mol. The number of nitrogens with two attached hydrogens (primary N) is 1. The van der Waals surface area contributed by atoms with Gasteiger partial charge in [0, 0.05) is 18.7 Å². The number of benzene rings is 1. The highest BCUT2D eigenvalue weighted by Gasteiger charge is 2.21. The Labute approximate surface area is 135 Å². The Morgan fingerprint density at radius 1 is 1.26 bits per heavy atom. The second-order valence-corrected chi connectivity index (χ2v) is 5.13. The summed E-state index contributed by atoms with van der Waals surface area (Å²) < 4.78 is 26.4. The molecular formula is C15H12ClF2N3O2. The summed E-state index contributed by atoms with van der Waals surface area (Å²) in [5.74, 6) is -3.50. The highest BCUT2D eigenvalue weighted by atomic mass is 35.5. The molecule has 1 aromatic carbocycles. The molecule has 0 unspecified atom stereocenters. The van der Waals surface area contributed by atoms with Crippen LogP contribution >= 0.6 is 11.6 Å². The van der Waals surface area contributed by atoms with E-state index in [1.807, 2.05) is 0 Å². The molecule has 0 aliphatic rings. The molecule has 0 aliphatic heterocycles. The van der Waals surface area contributed by atoms with Gasteiger partial charge in [-0.1, -0.05) is 17.7 Å². The first-order valence-electron chi connectivity index (χ1n) is 6.52. The Hall–Kier alpha value is -2.54. The van der Waals surface area contributed by atoms with E-state index in [0.717, 1.165) is 12.1 Å². The number of carbonyl (C=O) groups is 2. The zero-order valence-corrected chi connectivity index (χ0v) is 12.5. The van der Waals surface area contributed by atoms with Crippen molar-refractivity contribution < 1.29 is 18.4 Å². The van der Waals surface area contributed by atoms with E-state index in [0.29, 0.717) is 11.6 Å². The van der Waals surface area contributed by atoms with E-state index >= 15 is 0 Å². The molecule has 0 fully saturated rings. The van der Waals surface area contributed by atoms with Crippen LogP contribution in [-0.4, -0.2) is 22.8 Å². The molecule has 0 bridgehead atoms. The molecule has 1 heterocycles. The fraction of sp³-hybridized carbons (Fsp3) is 0.133. The summed E-state index contributed by atoms with van der Waals surface area (Å²) in [5.41, 5.74) is 5.48. The topological polar surface area (TPSA) is 85.1 Å². The van der Waals surface area contributed by atoms with Gasteiger partial charge in [-0.2, -0.15) is 0 Å².